The first-order chi connectivity index (χ1) is 8.93. The summed E-state index contributed by atoms with van der Waals surface area (Å²) in [6, 6.07) is 4.03. The third-order valence-electron chi connectivity index (χ3n) is 2.82. The van der Waals surface area contributed by atoms with Gasteiger partial charge in [-0.2, -0.15) is 0 Å². The minimum absolute atomic E-state index is 0.0892. The lowest BCUT2D eigenvalue weighted by Crippen LogP contribution is -2.26. The van der Waals surface area contributed by atoms with E-state index < -0.39 is 23.6 Å². The summed E-state index contributed by atoms with van der Waals surface area (Å²) in [4.78, 5) is 22.3. The molecule has 1 rings (SSSR count). The number of carboxylic acid groups (broad SMARTS) is 1. The highest BCUT2D eigenvalue weighted by atomic mass is 19.1. The number of carbonyl (C=O) groups excluding carboxylic acids is 1. The molecule has 0 aliphatic heterocycles. The van der Waals surface area contributed by atoms with Gasteiger partial charge >= 0.3 is 5.97 Å². The summed E-state index contributed by atoms with van der Waals surface area (Å²) in [5.41, 5.74) is 5.37. The Morgan fingerprint density at radius 3 is 2.79 bits per heavy atom. The Labute approximate surface area is 110 Å². The van der Waals surface area contributed by atoms with Crippen molar-refractivity contribution >= 4 is 17.6 Å². The molecule has 0 aliphatic carbocycles. The van der Waals surface area contributed by atoms with Gasteiger partial charge in [-0.25, -0.2) is 4.39 Å². The summed E-state index contributed by atoms with van der Waals surface area (Å²) in [6.07, 6.45) is 1.00. The number of para-hydroxylation sites is 1. The van der Waals surface area contributed by atoms with E-state index in [1.807, 2.05) is 0 Å². The normalized spacial score (nSPS) is 11.9. The van der Waals surface area contributed by atoms with Crippen LogP contribution in [0.2, 0.25) is 0 Å². The van der Waals surface area contributed by atoms with E-state index in [9.17, 15) is 14.0 Å². The second kappa shape index (κ2) is 6.72. The first kappa shape index (κ1) is 14.9. The van der Waals surface area contributed by atoms with Crippen molar-refractivity contribution in [2.75, 3.05) is 12.3 Å². The SMILES string of the molecule is CC(CCCNC(=O)c1cccc(F)c1N)C(=O)O. The molecule has 4 N–H and O–H groups in total. The van der Waals surface area contributed by atoms with E-state index in [1.165, 1.54) is 18.2 Å². The van der Waals surface area contributed by atoms with Crippen molar-refractivity contribution in [1.29, 1.82) is 0 Å². The van der Waals surface area contributed by atoms with E-state index >= 15 is 0 Å². The maximum absolute atomic E-state index is 13.2. The van der Waals surface area contributed by atoms with Crippen LogP contribution in [0.4, 0.5) is 10.1 Å². The van der Waals surface area contributed by atoms with Crippen LogP contribution in [-0.2, 0) is 4.79 Å². The number of hydrogen-bond acceptors (Lipinski definition) is 3. The summed E-state index contributed by atoms with van der Waals surface area (Å²) in [6.45, 7) is 1.93. The Bertz CT molecular complexity index is 477. The highest BCUT2D eigenvalue weighted by Crippen LogP contribution is 2.15. The van der Waals surface area contributed by atoms with Crippen molar-refractivity contribution < 1.29 is 19.1 Å². The molecule has 1 aromatic rings. The number of nitrogens with one attached hydrogen (secondary N) is 1. The Kier molecular flexibility index (Phi) is 5.29. The standard InChI is InChI=1S/C13H17FN2O3/c1-8(13(18)19)4-3-7-16-12(17)9-5-2-6-10(14)11(9)15/h2,5-6,8H,3-4,7,15H2,1H3,(H,16,17)(H,18,19). The van der Waals surface area contributed by atoms with Crippen molar-refractivity contribution in [3.8, 4) is 0 Å². The van der Waals surface area contributed by atoms with Crippen LogP contribution in [0.25, 0.3) is 0 Å². The van der Waals surface area contributed by atoms with Crippen LogP contribution < -0.4 is 11.1 Å². The number of rotatable bonds is 6. The van der Waals surface area contributed by atoms with Crippen molar-refractivity contribution in [2.45, 2.75) is 19.8 Å². The van der Waals surface area contributed by atoms with Gasteiger partial charge in [-0.05, 0) is 25.0 Å². The fraction of sp³-hybridized carbons (Fsp3) is 0.385. The zero-order valence-corrected chi connectivity index (χ0v) is 10.6. The van der Waals surface area contributed by atoms with Gasteiger partial charge in [0.05, 0.1) is 17.2 Å². The number of anilines is 1. The lowest BCUT2D eigenvalue weighted by Gasteiger charge is -2.09. The lowest BCUT2D eigenvalue weighted by atomic mass is 10.1. The van der Waals surface area contributed by atoms with Crippen molar-refractivity contribution in [3.63, 3.8) is 0 Å². The first-order valence-electron chi connectivity index (χ1n) is 5.98. The van der Waals surface area contributed by atoms with Crippen LogP contribution in [0, 0.1) is 11.7 Å². The van der Waals surface area contributed by atoms with Gasteiger partial charge in [0.15, 0.2) is 0 Å². The Morgan fingerprint density at radius 2 is 2.16 bits per heavy atom. The molecular formula is C13H17FN2O3. The fourth-order valence-electron chi connectivity index (χ4n) is 1.56. The van der Waals surface area contributed by atoms with Crippen LogP contribution in [0.3, 0.4) is 0 Å². The minimum atomic E-state index is -0.860. The van der Waals surface area contributed by atoms with Crippen LogP contribution >= 0.6 is 0 Å². The first-order valence-corrected chi connectivity index (χ1v) is 5.98. The fourth-order valence-corrected chi connectivity index (χ4v) is 1.56. The number of nitrogens with two attached hydrogens (primary N) is 1. The van der Waals surface area contributed by atoms with Crippen LogP contribution in [0.1, 0.15) is 30.1 Å². The van der Waals surface area contributed by atoms with E-state index in [0.29, 0.717) is 19.4 Å². The van der Waals surface area contributed by atoms with E-state index in [-0.39, 0.29) is 11.3 Å². The number of carboxylic acids is 1. The maximum Gasteiger partial charge on any atom is 0.306 e. The van der Waals surface area contributed by atoms with E-state index in [1.54, 1.807) is 6.92 Å². The molecule has 1 aromatic carbocycles. The molecule has 0 aliphatic rings. The van der Waals surface area contributed by atoms with E-state index in [0.717, 1.165) is 0 Å². The Hall–Kier alpha value is -2.11. The molecule has 5 nitrogen and oxygen atoms in total. The average molecular weight is 268 g/mol. The van der Waals surface area contributed by atoms with Gasteiger partial charge < -0.3 is 16.2 Å². The predicted octanol–water partition coefficient (Wildman–Crippen LogP) is 1.64. The number of hydrogen-bond donors (Lipinski definition) is 3. The van der Waals surface area contributed by atoms with Gasteiger partial charge in [0.2, 0.25) is 0 Å². The summed E-state index contributed by atoms with van der Waals surface area (Å²) in [5.74, 6) is -2.40. The molecule has 1 atom stereocenters. The molecule has 19 heavy (non-hydrogen) atoms. The maximum atomic E-state index is 13.2. The molecule has 0 saturated carbocycles. The van der Waals surface area contributed by atoms with Gasteiger partial charge in [0.25, 0.3) is 5.91 Å². The molecule has 0 bridgehead atoms. The monoisotopic (exact) mass is 268 g/mol. The molecule has 0 spiro atoms. The van der Waals surface area contributed by atoms with Crippen LogP contribution in [0.15, 0.2) is 18.2 Å². The summed E-state index contributed by atoms with van der Waals surface area (Å²) >= 11 is 0. The van der Waals surface area contributed by atoms with Crippen LogP contribution in [-0.4, -0.2) is 23.5 Å². The molecule has 0 radical (unpaired) electrons. The van der Waals surface area contributed by atoms with Crippen molar-refractivity contribution in [1.82, 2.24) is 5.32 Å². The molecule has 0 saturated heterocycles. The van der Waals surface area contributed by atoms with Crippen molar-refractivity contribution in [3.05, 3.63) is 29.6 Å². The second-order valence-corrected chi connectivity index (χ2v) is 4.34. The Morgan fingerprint density at radius 1 is 1.47 bits per heavy atom. The van der Waals surface area contributed by atoms with E-state index in [2.05, 4.69) is 5.32 Å². The number of carbonyl (C=O) groups is 2. The third-order valence-corrected chi connectivity index (χ3v) is 2.82. The van der Waals surface area contributed by atoms with Gasteiger partial charge in [-0.15, -0.1) is 0 Å². The molecule has 0 fully saturated rings. The lowest BCUT2D eigenvalue weighted by molar-refractivity contribution is -0.141. The zero-order valence-electron chi connectivity index (χ0n) is 10.6. The van der Waals surface area contributed by atoms with Crippen molar-refractivity contribution in [2.24, 2.45) is 5.92 Å². The summed E-state index contributed by atoms with van der Waals surface area (Å²) in [5, 5.41) is 11.3. The third kappa shape index (κ3) is 4.24. The van der Waals surface area contributed by atoms with E-state index in [4.69, 9.17) is 10.8 Å². The van der Waals surface area contributed by atoms with Gasteiger partial charge in [0.1, 0.15) is 5.82 Å². The summed E-state index contributed by atoms with van der Waals surface area (Å²) < 4.78 is 13.2. The number of amides is 1. The summed E-state index contributed by atoms with van der Waals surface area (Å²) in [7, 11) is 0. The average Bonchev–Trinajstić information content (AvgIpc) is 2.37. The predicted molar refractivity (Wildman–Crippen MR) is 69.2 cm³/mol. The molecule has 0 heterocycles. The number of aliphatic carboxylic acids is 1. The second-order valence-electron chi connectivity index (χ2n) is 4.34. The highest BCUT2D eigenvalue weighted by molar-refractivity contribution is 5.99. The molecule has 0 aromatic heterocycles. The minimum Gasteiger partial charge on any atom is -0.481 e. The topological polar surface area (TPSA) is 92.4 Å². The highest BCUT2D eigenvalue weighted by Gasteiger charge is 2.13. The zero-order chi connectivity index (χ0) is 14.4. The smallest absolute Gasteiger partial charge is 0.306 e. The van der Waals surface area contributed by atoms with Gasteiger partial charge in [-0.3, -0.25) is 9.59 Å². The molecular weight excluding hydrogens is 251 g/mol. The number of nitrogen functional groups attached to an aromatic ring is 1. The largest absolute Gasteiger partial charge is 0.481 e. The quantitative estimate of drug-likeness (QED) is 0.540. The number of halogens is 1. The Balaban J connectivity index is 2.44. The molecule has 1 amide bonds. The van der Waals surface area contributed by atoms with Crippen LogP contribution in [0.5, 0.6) is 0 Å². The molecule has 104 valence electrons. The van der Waals surface area contributed by atoms with Gasteiger partial charge in [-0.1, -0.05) is 13.0 Å². The molecule has 1 unspecified atom stereocenters. The molecule has 6 heteroatoms. The van der Waals surface area contributed by atoms with Gasteiger partial charge in [0, 0.05) is 6.54 Å². The number of benzene rings is 1.